The fraction of sp³-hybridized carbons (Fsp3) is 0.455. The van der Waals surface area contributed by atoms with E-state index in [9.17, 15) is 0 Å². The molecule has 2 aromatic carbocycles. The van der Waals surface area contributed by atoms with E-state index in [1.54, 1.807) is 0 Å². The van der Waals surface area contributed by atoms with Crippen LogP contribution >= 0.6 is 0 Å². The van der Waals surface area contributed by atoms with Crippen LogP contribution in [-0.4, -0.2) is 8.32 Å². The Morgan fingerprint density at radius 1 is 0.833 bits per heavy atom. The summed E-state index contributed by atoms with van der Waals surface area (Å²) >= 11 is 0. The van der Waals surface area contributed by atoms with E-state index in [4.69, 9.17) is 4.43 Å². The van der Waals surface area contributed by atoms with E-state index in [1.807, 2.05) is 6.26 Å². The molecule has 1 nitrogen and oxygen atoms in total. The molecule has 0 saturated heterocycles. The third kappa shape index (κ3) is 3.75. The lowest BCUT2D eigenvalue weighted by molar-refractivity contribution is 0.415. The molecule has 0 amide bonds. The first kappa shape index (κ1) is 18.8. The van der Waals surface area contributed by atoms with Gasteiger partial charge >= 0.3 is 0 Å². The fourth-order valence-corrected chi connectivity index (χ4v) is 9.37. The summed E-state index contributed by atoms with van der Waals surface area (Å²) in [6.07, 6.45) is 5.10. The van der Waals surface area contributed by atoms with Crippen LogP contribution < -0.4 is 0 Å². The Bertz CT molecular complexity index is 658. The largest absolute Gasteiger partial charge is 0.548 e. The highest BCUT2D eigenvalue weighted by Gasteiger charge is 2.46. The lowest BCUT2D eigenvalue weighted by Crippen LogP contribution is -2.46. The molecule has 0 bridgehead atoms. The molecule has 0 atom stereocenters. The molecule has 130 valence electrons. The average Bonchev–Trinajstić information content (AvgIpc) is 2.54. The van der Waals surface area contributed by atoms with Crippen molar-refractivity contribution < 1.29 is 4.43 Å². The van der Waals surface area contributed by atoms with Crippen LogP contribution in [0, 0.1) is 0 Å². The summed E-state index contributed by atoms with van der Waals surface area (Å²) in [5.74, 6) is 0. The average molecular weight is 341 g/mol. The van der Waals surface area contributed by atoms with E-state index < -0.39 is 8.32 Å². The van der Waals surface area contributed by atoms with Crippen LogP contribution in [0.5, 0.6) is 0 Å². The summed E-state index contributed by atoms with van der Waals surface area (Å²) in [5, 5.41) is 2.64. The van der Waals surface area contributed by atoms with Gasteiger partial charge in [-0.05, 0) is 45.5 Å². The minimum Gasteiger partial charge on any atom is -0.548 e. The summed E-state index contributed by atoms with van der Waals surface area (Å²) in [4.78, 5) is 0. The summed E-state index contributed by atoms with van der Waals surface area (Å²) in [6, 6.07) is 15.1. The molecule has 0 heterocycles. The van der Waals surface area contributed by atoms with Gasteiger partial charge in [0.1, 0.15) is 0 Å². The van der Waals surface area contributed by atoms with E-state index in [0.717, 1.165) is 6.42 Å². The number of rotatable bonds is 7. The van der Waals surface area contributed by atoms with Gasteiger partial charge in [0.05, 0.1) is 6.26 Å². The first-order chi connectivity index (χ1) is 11.4. The predicted octanol–water partition coefficient (Wildman–Crippen LogP) is 7.09. The first-order valence-electron chi connectivity index (χ1n) is 9.19. The quantitative estimate of drug-likeness (QED) is 0.386. The second kappa shape index (κ2) is 8.02. The normalized spacial score (nSPS) is 12.9. The minimum absolute atomic E-state index is 0.611. The van der Waals surface area contributed by atoms with Crippen molar-refractivity contribution >= 4 is 19.1 Å². The Morgan fingerprint density at radius 2 is 1.42 bits per heavy atom. The third-order valence-corrected chi connectivity index (χ3v) is 11.3. The molecule has 0 aliphatic heterocycles. The van der Waals surface area contributed by atoms with Gasteiger partial charge in [0.15, 0.2) is 0 Å². The fourth-order valence-electron chi connectivity index (χ4n) is 4.22. The Hall–Kier alpha value is -1.54. The zero-order valence-electron chi connectivity index (χ0n) is 16.0. The van der Waals surface area contributed by atoms with Gasteiger partial charge in [-0.15, -0.1) is 0 Å². The van der Waals surface area contributed by atoms with E-state index in [1.165, 1.54) is 16.3 Å². The number of allylic oxidation sites excluding steroid dienone is 1. The van der Waals surface area contributed by atoms with E-state index in [-0.39, 0.29) is 0 Å². The van der Waals surface area contributed by atoms with Gasteiger partial charge in [-0.2, -0.15) is 0 Å². The van der Waals surface area contributed by atoms with Crippen molar-refractivity contribution in [1.82, 2.24) is 0 Å². The van der Waals surface area contributed by atoms with Crippen molar-refractivity contribution in [2.45, 2.75) is 64.6 Å². The maximum atomic E-state index is 6.51. The molecular weight excluding hydrogens is 308 g/mol. The van der Waals surface area contributed by atoms with Crippen LogP contribution in [0.4, 0.5) is 0 Å². The van der Waals surface area contributed by atoms with Gasteiger partial charge in [0.2, 0.25) is 0 Å². The standard InChI is InChI=1S/C22H32OSi/c1-17(2)24(18(3)4,19(5)6)23-16-10-14-21-13-9-12-20-11-7-8-15-22(20)21/h7-13,15-19H,14H2,1-6H3/b16-10+. The van der Waals surface area contributed by atoms with Gasteiger partial charge in [-0.25, -0.2) is 0 Å². The number of hydrogen-bond acceptors (Lipinski definition) is 1. The molecule has 0 aliphatic carbocycles. The Balaban J connectivity index is 2.16. The molecule has 2 aromatic rings. The molecule has 0 radical (unpaired) electrons. The van der Waals surface area contributed by atoms with Gasteiger partial charge in [0.25, 0.3) is 8.32 Å². The van der Waals surface area contributed by atoms with Crippen LogP contribution in [0.1, 0.15) is 47.1 Å². The van der Waals surface area contributed by atoms with Crippen LogP contribution in [0.2, 0.25) is 16.6 Å². The van der Waals surface area contributed by atoms with Crippen LogP contribution in [-0.2, 0) is 10.8 Å². The van der Waals surface area contributed by atoms with Crippen molar-refractivity contribution in [2.24, 2.45) is 0 Å². The van der Waals surface area contributed by atoms with Crippen LogP contribution in [0.3, 0.4) is 0 Å². The van der Waals surface area contributed by atoms with Crippen LogP contribution in [0.15, 0.2) is 54.8 Å². The molecule has 0 fully saturated rings. The maximum Gasteiger partial charge on any atom is 0.257 e. The smallest absolute Gasteiger partial charge is 0.257 e. The highest BCUT2D eigenvalue weighted by atomic mass is 28.4. The number of fused-ring (bicyclic) bond motifs is 1. The third-order valence-electron chi connectivity index (χ3n) is 5.29. The highest BCUT2D eigenvalue weighted by molar-refractivity contribution is 6.77. The zero-order valence-corrected chi connectivity index (χ0v) is 17.0. The maximum absolute atomic E-state index is 6.51. The van der Waals surface area contributed by atoms with E-state index >= 15 is 0 Å². The molecule has 0 N–H and O–H groups in total. The Kier molecular flexibility index (Phi) is 6.28. The van der Waals surface area contributed by atoms with Crippen molar-refractivity contribution in [2.75, 3.05) is 0 Å². The molecular formula is C22H32OSi. The van der Waals surface area contributed by atoms with Gasteiger partial charge < -0.3 is 4.43 Å². The van der Waals surface area contributed by atoms with Crippen LogP contribution in [0.25, 0.3) is 10.8 Å². The first-order valence-corrected chi connectivity index (χ1v) is 11.3. The lowest BCUT2D eigenvalue weighted by Gasteiger charge is -2.41. The molecule has 24 heavy (non-hydrogen) atoms. The van der Waals surface area contributed by atoms with Crippen molar-refractivity contribution in [3.8, 4) is 0 Å². The second-order valence-corrected chi connectivity index (χ2v) is 13.1. The van der Waals surface area contributed by atoms with Crippen molar-refractivity contribution in [3.63, 3.8) is 0 Å². The van der Waals surface area contributed by atoms with Gasteiger partial charge in [-0.1, -0.05) is 84.0 Å². The van der Waals surface area contributed by atoms with Gasteiger partial charge in [-0.3, -0.25) is 0 Å². The summed E-state index contributed by atoms with van der Waals surface area (Å²) in [7, 11) is -1.81. The monoisotopic (exact) mass is 340 g/mol. The SMILES string of the molecule is CC(C)[Si](O/C=C/Cc1cccc2ccccc12)(C(C)C)C(C)C. The topological polar surface area (TPSA) is 9.23 Å². The minimum atomic E-state index is -1.81. The van der Waals surface area contributed by atoms with E-state index in [2.05, 4.69) is 90.1 Å². The predicted molar refractivity (Wildman–Crippen MR) is 109 cm³/mol. The summed E-state index contributed by atoms with van der Waals surface area (Å²) in [6.45, 7) is 13.9. The summed E-state index contributed by atoms with van der Waals surface area (Å²) in [5.41, 5.74) is 3.19. The molecule has 0 unspecified atom stereocenters. The zero-order chi connectivity index (χ0) is 17.7. The van der Waals surface area contributed by atoms with Gasteiger partial charge in [0, 0.05) is 0 Å². The number of hydrogen-bond donors (Lipinski definition) is 0. The number of benzene rings is 2. The molecule has 2 heteroatoms. The molecule has 2 rings (SSSR count). The van der Waals surface area contributed by atoms with Crippen molar-refractivity contribution in [1.29, 1.82) is 0 Å². The Labute approximate surface area is 148 Å². The molecule has 0 spiro atoms. The molecule has 0 saturated carbocycles. The van der Waals surface area contributed by atoms with Crippen molar-refractivity contribution in [3.05, 3.63) is 60.4 Å². The molecule has 0 aromatic heterocycles. The second-order valence-electron chi connectivity index (χ2n) is 7.65. The Morgan fingerprint density at radius 3 is 2.04 bits per heavy atom. The van der Waals surface area contributed by atoms with E-state index in [0.29, 0.717) is 16.6 Å². The lowest BCUT2D eigenvalue weighted by atomic mass is 10.0. The summed E-state index contributed by atoms with van der Waals surface area (Å²) < 4.78 is 6.51. The molecule has 0 aliphatic rings. The highest BCUT2D eigenvalue weighted by Crippen LogP contribution is 2.42.